The number of benzene rings is 3. The van der Waals surface area contributed by atoms with E-state index in [1.165, 1.54) is 48.5 Å². The Balaban J connectivity index is 1.44. The molecule has 7 nitrogen and oxygen atoms in total. The topological polar surface area (TPSA) is 87.7 Å². The standard InChI is InChI=1S/C25H17Cl2F2N3O4/c26-17-9-15(10-18(27)23(17)36-13-14-4-3-5-16(28)8-14)11-21-24(34)32(25(35)31-21)12-22(33)30-20-7-2-1-6-19(20)29/h1-11H,12-13H2,(H,30,33)(H,31,35)/b21-11+. The first-order chi connectivity index (χ1) is 17.2. The van der Waals surface area contributed by atoms with Crippen LogP contribution in [0, 0.1) is 11.6 Å². The molecule has 2 N–H and O–H groups in total. The lowest BCUT2D eigenvalue weighted by Gasteiger charge is -2.12. The Morgan fingerprint density at radius 2 is 1.75 bits per heavy atom. The molecule has 36 heavy (non-hydrogen) atoms. The van der Waals surface area contributed by atoms with Crippen molar-refractivity contribution in [2.24, 2.45) is 0 Å². The predicted octanol–water partition coefficient (Wildman–Crippen LogP) is 5.38. The maximum atomic E-state index is 13.7. The van der Waals surface area contributed by atoms with Crippen LogP contribution in [0.25, 0.3) is 6.08 Å². The first-order valence-electron chi connectivity index (χ1n) is 10.5. The van der Waals surface area contributed by atoms with Crippen LogP contribution in [0.4, 0.5) is 19.3 Å². The second-order valence-corrected chi connectivity index (χ2v) is 8.45. The van der Waals surface area contributed by atoms with Gasteiger partial charge in [0.2, 0.25) is 5.91 Å². The van der Waals surface area contributed by atoms with Gasteiger partial charge in [-0.3, -0.25) is 9.59 Å². The van der Waals surface area contributed by atoms with Gasteiger partial charge >= 0.3 is 6.03 Å². The molecule has 0 aromatic heterocycles. The van der Waals surface area contributed by atoms with Gasteiger partial charge in [0.1, 0.15) is 30.5 Å². The number of halogens is 4. The Morgan fingerprint density at radius 3 is 2.44 bits per heavy atom. The highest BCUT2D eigenvalue weighted by Crippen LogP contribution is 2.35. The van der Waals surface area contributed by atoms with Crippen molar-refractivity contribution in [2.75, 3.05) is 11.9 Å². The second kappa shape index (κ2) is 10.8. The SMILES string of the molecule is O=C(CN1C(=O)N/C(=C/c2cc(Cl)c(OCc3cccc(F)c3)c(Cl)c2)C1=O)Nc1ccccc1F. The maximum absolute atomic E-state index is 13.7. The number of hydrogen-bond acceptors (Lipinski definition) is 4. The van der Waals surface area contributed by atoms with Crippen LogP contribution < -0.4 is 15.4 Å². The Hall–Kier alpha value is -3.95. The molecule has 0 spiro atoms. The van der Waals surface area contributed by atoms with Gasteiger partial charge < -0.3 is 15.4 Å². The molecule has 0 aliphatic carbocycles. The molecule has 1 fully saturated rings. The molecule has 184 valence electrons. The molecule has 4 amide bonds. The molecule has 0 radical (unpaired) electrons. The van der Waals surface area contributed by atoms with Crippen molar-refractivity contribution in [1.82, 2.24) is 10.2 Å². The Labute approximate surface area is 214 Å². The molecular weight excluding hydrogens is 515 g/mol. The van der Waals surface area contributed by atoms with Crippen molar-refractivity contribution in [3.8, 4) is 5.75 Å². The fourth-order valence-corrected chi connectivity index (χ4v) is 3.97. The Kier molecular flexibility index (Phi) is 7.52. The number of imide groups is 1. The van der Waals surface area contributed by atoms with Gasteiger partial charge in [0.05, 0.1) is 15.7 Å². The van der Waals surface area contributed by atoms with Crippen LogP contribution in [0.2, 0.25) is 10.0 Å². The van der Waals surface area contributed by atoms with Crippen LogP contribution in [-0.4, -0.2) is 29.3 Å². The number of hydrogen-bond donors (Lipinski definition) is 2. The Bertz CT molecular complexity index is 1370. The van der Waals surface area contributed by atoms with Gasteiger partial charge in [0.15, 0.2) is 5.75 Å². The zero-order valence-electron chi connectivity index (χ0n) is 18.4. The minimum atomic E-state index is -0.817. The molecule has 0 unspecified atom stereocenters. The van der Waals surface area contributed by atoms with Crippen molar-refractivity contribution >= 4 is 52.8 Å². The number of amides is 4. The van der Waals surface area contributed by atoms with E-state index in [-0.39, 0.29) is 33.8 Å². The second-order valence-electron chi connectivity index (χ2n) is 7.64. The predicted molar refractivity (Wildman–Crippen MR) is 130 cm³/mol. The first kappa shape index (κ1) is 25.2. The average Bonchev–Trinajstić information content (AvgIpc) is 3.07. The summed E-state index contributed by atoms with van der Waals surface area (Å²) in [6.07, 6.45) is 1.34. The van der Waals surface area contributed by atoms with Gasteiger partial charge in [-0.1, -0.05) is 47.5 Å². The number of ether oxygens (including phenoxy) is 1. The summed E-state index contributed by atoms with van der Waals surface area (Å²) in [6, 6.07) is 13.5. The van der Waals surface area contributed by atoms with E-state index in [2.05, 4.69) is 10.6 Å². The van der Waals surface area contributed by atoms with Crippen molar-refractivity contribution < 1.29 is 27.9 Å². The molecule has 1 heterocycles. The van der Waals surface area contributed by atoms with Crippen LogP contribution in [0.1, 0.15) is 11.1 Å². The van der Waals surface area contributed by atoms with E-state index < -0.39 is 36.0 Å². The number of para-hydroxylation sites is 1. The van der Waals surface area contributed by atoms with Gasteiger partial charge in [-0.25, -0.2) is 18.5 Å². The highest BCUT2D eigenvalue weighted by atomic mass is 35.5. The van der Waals surface area contributed by atoms with Crippen LogP contribution in [0.3, 0.4) is 0 Å². The molecule has 3 aromatic carbocycles. The molecule has 11 heteroatoms. The third-order valence-electron chi connectivity index (χ3n) is 5.02. The summed E-state index contributed by atoms with van der Waals surface area (Å²) in [5.74, 6) is -2.41. The van der Waals surface area contributed by atoms with E-state index in [1.807, 2.05) is 0 Å². The van der Waals surface area contributed by atoms with Crippen molar-refractivity contribution in [3.05, 3.63) is 99.2 Å². The highest BCUT2D eigenvalue weighted by Gasteiger charge is 2.35. The molecular formula is C25H17Cl2F2N3O4. The minimum absolute atomic E-state index is 0.0239. The van der Waals surface area contributed by atoms with E-state index in [4.69, 9.17) is 27.9 Å². The van der Waals surface area contributed by atoms with E-state index in [9.17, 15) is 23.2 Å². The maximum Gasteiger partial charge on any atom is 0.329 e. The van der Waals surface area contributed by atoms with E-state index >= 15 is 0 Å². The van der Waals surface area contributed by atoms with E-state index in [0.717, 1.165) is 6.07 Å². The number of nitrogens with zero attached hydrogens (tertiary/aromatic N) is 1. The molecule has 0 bridgehead atoms. The van der Waals surface area contributed by atoms with Crippen molar-refractivity contribution in [3.63, 3.8) is 0 Å². The number of nitrogens with one attached hydrogen (secondary N) is 2. The number of rotatable bonds is 7. The summed E-state index contributed by atoms with van der Waals surface area (Å²) >= 11 is 12.6. The third-order valence-corrected chi connectivity index (χ3v) is 5.58. The fourth-order valence-electron chi connectivity index (χ4n) is 3.36. The Morgan fingerprint density at radius 1 is 1.03 bits per heavy atom. The fraction of sp³-hybridized carbons (Fsp3) is 0.0800. The van der Waals surface area contributed by atoms with E-state index in [1.54, 1.807) is 12.1 Å². The van der Waals surface area contributed by atoms with Gasteiger partial charge in [-0.15, -0.1) is 0 Å². The molecule has 1 saturated heterocycles. The van der Waals surface area contributed by atoms with E-state index in [0.29, 0.717) is 16.0 Å². The number of carbonyl (C=O) groups is 3. The first-order valence-corrected chi connectivity index (χ1v) is 11.2. The quantitative estimate of drug-likeness (QED) is 0.316. The lowest BCUT2D eigenvalue weighted by atomic mass is 10.1. The summed E-state index contributed by atoms with van der Waals surface area (Å²) in [7, 11) is 0. The van der Waals surface area contributed by atoms with Gasteiger partial charge in [0, 0.05) is 0 Å². The summed E-state index contributed by atoms with van der Waals surface area (Å²) in [6.45, 7) is -0.596. The van der Waals surface area contributed by atoms with Crippen molar-refractivity contribution in [1.29, 1.82) is 0 Å². The third kappa shape index (κ3) is 5.81. The van der Waals surface area contributed by atoms with Crippen molar-refractivity contribution in [2.45, 2.75) is 6.61 Å². The lowest BCUT2D eigenvalue weighted by Crippen LogP contribution is -2.38. The summed E-state index contributed by atoms with van der Waals surface area (Å²) < 4.78 is 32.7. The monoisotopic (exact) mass is 531 g/mol. The largest absolute Gasteiger partial charge is 0.486 e. The lowest BCUT2D eigenvalue weighted by molar-refractivity contribution is -0.127. The number of urea groups is 1. The van der Waals surface area contributed by atoms with Crippen LogP contribution in [0.15, 0.2) is 66.4 Å². The molecule has 0 saturated carbocycles. The summed E-state index contributed by atoms with van der Waals surface area (Å²) in [5, 5.41) is 4.95. The smallest absolute Gasteiger partial charge is 0.329 e. The average molecular weight is 532 g/mol. The van der Waals surface area contributed by atoms with Crippen LogP contribution in [-0.2, 0) is 16.2 Å². The van der Waals surface area contributed by atoms with Gasteiger partial charge in [0.25, 0.3) is 5.91 Å². The minimum Gasteiger partial charge on any atom is -0.486 e. The molecule has 1 aliphatic heterocycles. The van der Waals surface area contributed by atoms with Gasteiger partial charge in [-0.05, 0) is 53.6 Å². The molecule has 0 atom stereocenters. The molecule has 1 aliphatic rings. The highest BCUT2D eigenvalue weighted by molar-refractivity contribution is 6.37. The number of anilines is 1. The van der Waals surface area contributed by atoms with Crippen LogP contribution >= 0.6 is 23.2 Å². The normalized spacial score (nSPS) is 14.2. The summed E-state index contributed by atoms with van der Waals surface area (Å²) in [5.41, 5.74) is 0.768. The number of carbonyl (C=O) groups excluding carboxylic acids is 3. The summed E-state index contributed by atoms with van der Waals surface area (Å²) in [4.78, 5) is 37.9. The molecule has 3 aromatic rings. The van der Waals surface area contributed by atoms with Crippen LogP contribution in [0.5, 0.6) is 5.75 Å². The zero-order chi connectivity index (χ0) is 25.8. The zero-order valence-corrected chi connectivity index (χ0v) is 19.9. The molecule has 4 rings (SSSR count). The van der Waals surface area contributed by atoms with Gasteiger partial charge in [-0.2, -0.15) is 0 Å².